The lowest BCUT2D eigenvalue weighted by Gasteiger charge is -1.81. The monoisotopic (exact) mass is 147 g/mol. The summed E-state index contributed by atoms with van der Waals surface area (Å²) < 4.78 is 10.4. The Morgan fingerprint density at radius 3 is 2.33 bits per heavy atom. The highest BCUT2D eigenvalue weighted by atomic mass is 31.1. The van der Waals surface area contributed by atoms with E-state index in [4.69, 9.17) is 4.89 Å². The van der Waals surface area contributed by atoms with E-state index >= 15 is 0 Å². The third kappa shape index (κ3) is 3.39. The van der Waals surface area contributed by atoms with Gasteiger partial charge in [-0.3, -0.25) is 0 Å². The van der Waals surface area contributed by atoms with Gasteiger partial charge in [-0.1, -0.05) is 13.8 Å². The fourth-order valence-electron chi connectivity index (χ4n) is 0.593. The molecule has 0 amide bonds. The van der Waals surface area contributed by atoms with Crippen molar-refractivity contribution < 1.29 is 9.46 Å². The first-order chi connectivity index (χ1) is 4.22. The fourth-order valence-corrected chi connectivity index (χ4v) is 1.20. The summed E-state index contributed by atoms with van der Waals surface area (Å²) in [6.07, 6.45) is 3.32. The summed E-state index contributed by atoms with van der Waals surface area (Å²) in [4.78, 5) is 8.58. The van der Waals surface area contributed by atoms with Gasteiger partial charge in [-0.25, -0.2) is 0 Å². The van der Waals surface area contributed by atoms with Crippen LogP contribution in [0.4, 0.5) is 0 Å². The number of rotatable bonds is 3. The lowest BCUT2D eigenvalue weighted by molar-refractivity contribution is 0.508. The molecule has 0 fully saturated rings. The molecule has 1 unspecified atom stereocenters. The molecule has 0 aromatic carbocycles. The molecule has 9 heavy (non-hydrogen) atoms. The van der Waals surface area contributed by atoms with Gasteiger partial charge in [0.05, 0.1) is 0 Å². The number of allylic oxidation sites excluding steroid dienone is 2. The van der Waals surface area contributed by atoms with Crippen molar-refractivity contribution in [3.8, 4) is 0 Å². The minimum absolute atomic E-state index is 0.660. The van der Waals surface area contributed by atoms with E-state index in [-0.39, 0.29) is 0 Å². The zero-order chi connectivity index (χ0) is 7.28. The maximum absolute atomic E-state index is 10.4. The van der Waals surface area contributed by atoms with Gasteiger partial charge in [-0.2, -0.15) is 4.89 Å². The van der Waals surface area contributed by atoms with Gasteiger partial charge < -0.3 is 0 Å². The highest BCUT2D eigenvalue weighted by Crippen LogP contribution is 2.29. The average molecular weight is 147 g/mol. The molecule has 0 aliphatic heterocycles. The van der Waals surface area contributed by atoms with Gasteiger partial charge in [0.2, 0.25) is 0 Å². The topological polar surface area (TPSA) is 37.3 Å². The Morgan fingerprint density at radius 1 is 1.67 bits per heavy atom. The van der Waals surface area contributed by atoms with Crippen LogP contribution in [0.25, 0.3) is 0 Å². The molecule has 0 spiro atoms. The van der Waals surface area contributed by atoms with Crippen LogP contribution in [-0.4, -0.2) is 4.89 Å². The number of hydrogen-bond donors (Lipinski definition) is 1. The van der Waals surface area contributed by atoms with Crippen LogP contribution in [-0.2, 0) is 4.57 Å². The predicted octanol–water partition coefficient (Wildman–Crippen LogP) is 2.43. The molecule has 0 aromatic heterocycles. The SMILES string of the molecule is CCC=C(CC)[P+](=O)O. The molecule has 0 heterocycles. The van der Waals surface area contributed by atoms with Gasteiger partial charge in [0.25, 0.3) is 0 Å². The zero-order valence-corrected chi connectivity index (χ0v) is 6.69. The molecule has 1 atom stereocenters. The van der Waals surface area contributed by atoms with Crippen molar-refractivity contribution in [2.45, 2.75) is 26.7 Å². The first kappa shape index (κ1) is 8.80. The maximum atomic E-state index is 10.4. The maximum Gasteiger partial charge on any atom is 0.541 e. The van der Waals surface area contributed by atoms with Crippen LogP contribution in [0, 0.1) is 0 Å². The van der Waals surface area contributed by atoms with E-state index in [1.54, 1.807) is 6.08 Å². The van der Waals surface area contributed by atoms with E-state index in [0.717, 1.165) is 6.42 Å². The Morgan fingerprint density at radius 2 is 2.22 bits per heavy atom. The standard InChI is InChI=1S/C6H11O2P/c1-3-5-6(4-2)9(7)8/h5H,3-4H2,1-2H3/p+1. The molecule has 0 bridgehead atoms. The van der Waals surface area contributed by atoms with Crippen molar-refractivity contribution in [1.29, 1.82) is 0 Å². The largest absolute Gasteiger partial charge is 0.541 e. The second-order valence-electron chi connectivity index (χ2n) is 1.73. The summed E-state index contributed by atoms with van der Waals surface area (Å²) in [7, 11) is -2.06. The predicted molar refractivity (Wildman–Crippen MR) is 38.5 cm³/mol. The van der Waals surface area contributed by atoms with Gasteiger partial charge >= 0.3 is 8.03 Å². The molecule has 3 heteroatoms. The molecular formula is C6H12O2P+. The zero-order valence-electron chi connectivity index (χ0n) is 5.79. The van der Waals surface area contributed by atoms with Gasteiger partial charge in [0, 0.05) is 6.42 Å². The minimum atomic E-state index is -2.06. The second kappa shape index (κ2) is 4.66. The number of hydrogen-bond acceptors (Lipinski definition) is 1. The first-order valence-electron chi connectivity index (χ1n) is 3.07. The van der Waals surface area contributed by atoms with E-state index in [1.807, 2.05) is 13.8 Å². The quantitative estimate of drug-likeness (QED) is 0.622. The van der Waals surface area contributed by atoms with Crippen molar-refractivity contribution in [3.05, 3.63) is 11.4 Å². The van der Waals surface area contributed by atoms with Crippen LogP contribution in [0.3, 0.4) is 0 Å². The van der Waals surface area contributed by atoms with Crippen LogP contribution in [0.2, 0.25) is 0 Å². The van der Waals surface area contributed by atoms with Crippen LogP contribution < -0.4 is 0 Å². The van der Waals surface area contributed by atoms with E-state index in [1.165, 1.54) is 0 Å². The summed E-state index contributed by atoms with van der Waals surface area (Å²) in [5, 5.41) is 0.660. The van der Waals surface area contributed by atoms with Crippen LogP contribution in [0.1, 0.15) is 26.7 Å². The fraction of sp³-hybridized carbons (Fsp3) is 0.667. The molecule has 52 valence electrons. The van der Waals surface area contributed by atoms with Crippen LogP contribution in [0.15, 0.2) is 11.4 Å². The molecule has 0 saturated heterocycles. The molecule has 0 saturated carbocycles. The third-order valence-corrected chi connectivity index (χ3v) is 2.04. The van der Waals surface area contributed by atoms with E-state index < -0.39 is 8.03 Å². The lowest BCUT2D eigenvalue weighted by Crippen LogP contribution is -1.71. The Hall–Kier alpha value is -0.200. The van der Waals surface area contributed by atoms with Crippen molar-refractivity contribution in [2.24, 2.45) is 0 Å². The summed E-state index contributed by atoms with van der Waals surface area (Å²) in [5.74, 6) is 0. The van der Waals surface area contributed by atoms with Crippen LogP contribution in [0.5, 0.6) is 0 Å². The van der Waals surface area contributed by atoms with Gasteiger partial charge in [0.1, 0.15) is 0 Å². The molecule has 2 nitrogen and oxygen atoms in total. The highest BCUT2D eigenvalue weighted by molar-refractivity contribution is 7.43. The normalized spacial score (nSPS) is 13.7. The van der Waals surface area contributed by atoms with Gasteiger partial charge in [-0.05, 0) is 17.1 Å². The Labute approximate surface area is 56.5 Å². The molecule has 0 radical (unpaired) electrons. The molecule has 0 rings (SSSR count). The summed E-state index contributed by atoms with van der Waals surface area (Å²) in [6.45, 7) is 3.83. The second-order valence-corrected chi connectivity index (χ2v) is 2.85. The Bertz CT molecular complexity index is 129. The van der Waals surface area contributed by atoms with E-state index in [9.17, 15) is 4.57 Å². The highest BCUT2D eigenvalue weighted by Gasteiger charge is 2.16. The van der Waals surface area contributed by atoms with E-state index in [2.05, 4.69) is 0 Å². The smallest absolute Gasteiger partial charge is 0.156 e. The molecule has 0 aromatic rings. The Kier molecular flexibility index (Phi) is 4.55. The minimum Gasteiger partial charge on any atom is -0.156 e. The summed E-state index contributed by atoms with van der Waals surface area (Å²) >= 11 is 0. The van der Waals surface area contributed by atoms with Crippen LogP contribution >= 0.6 is 8.03 Å². The van der Waals surface area contributed by atoms with Gasteiger partial charge in [0.15, 0.2) is 5.31 Å². The third-order valence-electron chi connectivity index (χ3n) is 1.05. The molecule has 1 N–H and O–H groups in total. The van der Waals surface area contributed by atoms with Crippen molar-refractivity contribution >= 4 is 8.03 Å². The van der Waals surface area contributed by atoms with Crippen molar-refractivity contribution in [3.63, 3.8) is 0 Å². The lowest BCUT2D eigenvalue weighted by atomic mass is 10.3. The molecular weight excluding hydrogens is 135 g/mol. The van der Waals surface area contributed by atoms with Crippen molar-refractivity contribution in [2.75, 3.05) is 0 Å². The van der Waals surface area contributed by atoms with Gasteiger partial charge in [-0.15, -0.1) is 0 Å². The first-order valence-corrected chi connectivity index (χ1v) is 4.28. The summed E-state index contributed by atoms with van der Waals surface area (Å²) in [6, 6.07) is 0. The Balaban J connectivity index is 3.98. The molecule has 0 aliphatic rings. The molecule has 0 aliphatic carbocycles. The summed E-state index contributed by atoms with van der Waals surface area (Å²) in [5.41, 5.74) is 0. The van der Waals surface area contributed by atoms with Crippen molar-refractivity contribution in [1.82, 2.24) is 0 Å². The van der Waals surface area contributed by atoms with E-state index in [0.29, 0.717) is 11.7 Å². The average Bonchev–Trinajstić information content (AvgIpc) is 1.82.